The minimum atomic E-state index is -0.393. The number of benzene rings is 1. The fraction of sp³-hybridized carbons (Fsp3) is 0.538. The number of nitrogens with zero attached hydrogens (tertiary/aromatic N) is 1. The van der Waals surface area contributed by atoms with E-state index in [-0.39, 0.29) is 11.7 Å². The first-order chi connectivity index (χ1) is 8.49. The minimum Gasteiger partial charge on any atom is -0.496 e. The van der Waals surface area contributed by atoms with Crippen LogP contribution in [0.2, 0.25) is 0 Å². The summed E-state index contributed by atoms with van der Waals surface area (Å²) in [6, 6.07) is 4.72. The van der Waals surface area contributed by atoms with Crippen LogP contribution in [0.25, 0.3) is 0 Å². The lowest BCUT2D eigenvalue weighted by atomic mass is 9.91. The van der Waals surface area contributed by atoms with E-state index < -0.39 is 4.92 Å². The smallest absolute Gasteiger partial charge is 0.269 e. The maximum Gasteiger partial charge on any atom is 0.269 e. The summed E-state index contributed by atoms with van der Waals surface area (Å²) in [5, 5.41) is 10.8. The summed E-state index contributed by atoms with van der Waals surface area (Å²) in [6.07, 6.45) is 1.63. The normalized spacial score (nSPS) is 14.0. The Labute approximate surface area is 107 Å². The van der Waals surface area contributed by atoms with Crippen molar-refractivity contribution in [1.29, 1.82) is 0 Å². The summed E-state index contributed by atoms with van der Waals surface area (Å²) in [4.78, 5) is 10.4. The van der Waals surface area contributed by atoms with Crippen LogP contribution in [0.15, 0.2) is 18.2 Å². The predicted molar refractivity (Wildman–Crippen MR) is 70.8 cm³/mol. The van der Waals surface area contributed by atoms with Gasteiger partial charge < -0.3 is 10.5 Å². The lowest BCUT2D eigenvalue weighted by Crippen LogP contribution is -2.27. The maximum atomic E-state index is 10.8. The third-order valence-corrected chi connectivity index (χ3v) is 3.22. The lowest BCUT2D eigenvalue weighted by molar-refractivity contribution is -0.384. The molecule has 0 saturated heterocycles. The third kappa shape index (κ3) is 3.43. The predicted octanol–water partition coefficient (Wildman–Crippen LogP) is 2.52. The summed E-state index contributed by atoms with van der Waals surface area (Å²) in [7, 11) is 1.57. The van der Waals surface area contributed by atoms with Crippen molar-refractivity contribution in [3.05, 3.63) is 33.9 Å². The number of hydrogen-bond acceptors (Lipinski definition) is 4. The van der Waals surface area contributed by atoms with E-state index in [1.807, 2.05) is 6.92 Å². The van der Waals surface area contributed by atoms with Crippen LogP contribution < -0.4 is 10.5 Å². The second-order valence-electron chi connectivity index (χ2n) is 4.48. The van der Waals surface area contributed by atoms with Crippen LogP contribution in [0, 0.1) is 16.0 Å². The second kappa shape index (κ2) is 6.35. The Hall–Kier alpha value is -1.62. The molecule has 1 aromatic rings. The van der Waals surface area contributed by atoms with Crippen LogP contribution in [-0.2, 0) is 6.42 Å². The summed E-state index contributed by atoms with van der Waals surface area (Å²) in [6.45, 7) is 4.02. The van der Waals surface area contributed by atoms with Gasteiger partial charge in [-0.3, -0.25) is 10.1 Å². The molecule has 18 heavy (non-hydrogen) atoms. The first-order valence-corrected chi connectivity index (χ1v) is 6.06. The van der Waals surface area contributed by atoms with E-state index in [0.29, 0.717) is 18.1 Å². The van der Waals surface area contributed by atoms with Gasteiger partial charge in [0.1, 0.15) is 5.75 Å². The Morgan fingerprint density at radius 2 is 2.17 bits per heavy atom. The van der Waals surface area contributed by atoms with E-state index in [1.165, 1.54) is 6.07 Å². The number of nitro benzene ring substituents is 1. The Bertz CT molecular complexity index is 419. The van der Waals surface area contributed by atoms with Gasteiger partial charge >= 0.3 is 0 Å². The molecule has 0 spiro atoms. The molecule has 0 aliphatic carbocycles. The van der Waals surface area contributed by atoms with Crippen LogP contribution >= 0.6 is 0 Å². The molecule has 100 valence electrons. The number of methoxy groups -OCH3 is 1. The van der Waals surface area contributed by atoms with Gasteiger partial charge in [0.15, 0.2) is 0 Å². The molecule has 2 unspecified atom stereocenters. The Morgan fingerprint density at radius 3 is 2.61 bits per heavy atom. The zero-order valence-corrected chi connectivity index (χ0v) is 11.1. The highest BCUT2D eigenvalue weighted by atomic mass is 16.6. The summed E-state index contributed by atoms with van der Waals surface area (Å²) >= 11 is 0. The summed E-state index contributed by atoms with van der Waals surface area (Å²) < 4.78 is 5.24. The van der Waals surface area contributed by atoms with Crippen molar-refractivity contribution in [3.8, 4) is 5.75 Å². The third-order valence-electron chi connectivity index (χ3n) is 3.22. The molecule has 0 aliphatic heterocycles. The number of rotatable bonds is 6. The fourth-order valence-electron chi connectivity index (χ4n) is 2.02. The van der Waals surface area contributed by atoms with Gasteiger partial charge in [-0.25, -0.2) is 0 Å². The molecule has 0 saturated carbocycles. The molecule has 0 amide bonds. The molecule has 5 heteroatoms. The van der Waals surface area contributed by atoms with Gasteiger partial charge in [0.2, 0.25) is 0 Å². The van der Waals surface area contributed by atoms with Gasteiger partial charge in [0.05, 0.1) is 12.0 Å². The van der Waals surface area contributed by atoms with Gasteiger partial charge in [0.25, 0.3) is 5.69 Å². The quantitative estimate of drug-likeness (QED) is 0.623. The van der Waals surface area contributed by atoms with Gasteiger partial charge in [-0.2, -0.15) is 0 Å². The van der Waals surface area contributed by atoms with Gasteiger partial charge in [-0.05, 0) is 25.3 Å². The molecule has 2 atom stereocenters. The molecular formula is C13H20N2O3. The van der Waals surface area contributed by atoms with Crippen molar-refractivity contribution < 1.29 is 9.66 Å². The lowest BCUT2D eigenvalue weighted by Gasteiger charge is -2.20. The maximum absolute atomic E-state index is 10.8. The molecule has 2 N–H and O–H groups in total. The van der Waals surface area contributed by atoms with E-state index in [9.17, 15) is 10.1 Å². The van der Waals surface area contributed by atoms with E-state index >= 15 is 0 Å². The zero-order chi connectivity index (χ0) is 13.7. The molecule has 0 aromatic heterocycles. The summed E-state index contributed by atoms with van der Waals surface area (Å²) in [5.74, 6) is 0.973. The monoisotopic (exact) mass is 252 g/mol. The van der Waals surface area contributed by atoms with E-state index in [4.69, 9.17) is 10.5 Å². The van der Waals surface area contributed by atoms with Crippen LogP contribution in [0.3, 0.4) is 0 Å². The minimum absolute atomic E-state index is 0.0546. The number of hydrogen-bond donors (Lipinski definition) is 1. The average molecular weight is 252 g/mol. The number of ether oxygens (including phenoxy) is 1. The standard InChI is InChI=1S/C13H20N2O3/c1-4-10(9(2)14)7-11-8-12(15(16)17)5-6-13(11)18-3/h5-6,8-10H,4,7,14H2,1-3H3. The van der Waals surface area contributed by atoms with Crippen LogP contribution in [0.4, 0.5) is 5.69 Å². The Morgan fingerprint density at radius 1 is 1.50 bits per heavy atom. The molecular weight excluding hydrogens is 232 g/mol. The highest BCUT2D eigenvalue weighted by Crippen LogP contribution is 2.27. The van der Waals surface area contributed by atoms with Crippen molar-refractivity contribution in [1.82, 2.24) is 0 Å². The van der Waals surface area contributed by atoms with Crippen molar-refractivity contribution in [2.24, 2.45) is 11.7 Å². The highest BCUT2D eigenvalue weighted by molar-refractivity contribution is 5.44. The Balaban J connectivity index is 3.04. The van der Waals surface area contributed by atoms with E-state index in [1.54, 1.807) is 19.2 Å². The molecule has 1 rings (SSSR count). The first-order valence-electron chi connectivity index (χ1n) is 6.06. The van der Waals surface area contributed by atoms with Crippen molar-refractivity contribution in [2.75, 3.05) is 7.11 Å². The molecule has 0 aliphatic rings. The number of nitro groups is 1. The van der Waals surface area contributed by atoms with Crippen molar-refractivity contribution in [2.45, 2.75) is 32.7 Å². The molecule has 0 fully saturated rings. The zero-order valence-electron chi connectivity index (χ0n) is 11.1. The number of non-ortho nitro benzene ring substituents is 1. The van der Waals surface area contributed by atoms with Gasteiger partial charge in [-0.15, -0.1) is 0 Å². The fourth-order valence-corrected chi connectivity index (χ4v) is 2.02. The first kappa shape index (κ1) is 14.4. The SMILES string of the molecule is CCC(Cc1cc([N+](=O)[O-])ccc1OC)C(C)N. The molecule has 0 radical (unpaired) electrons. The topological polar surface area (TPSA) is 78.4 Å². The highest BCUT2D eigenvalue weighted by Gasteiger charge is 2.17. The largest absolute Gasteiger partial charge is 0.496 e. The Kier molecular flexibility index (Phi) is 5.09. The van der Waals surface area contributed by atoms with Crippen LogP contribution in [0.5, 0.6) is 5.75 Å². The van der Waals surface area contributed by atoms with Gasteiger partial charge in [0, 0.05) is 23.7 Å². The molecule has 5 nitrogen and oxygen atoms in total. The summed E-state index contributed by atoms with van der Waals surface area (Å²) in [5.41, 5.74) is 6.84. The molecule has 0 bridgehead atoms. The molecule has 1 aromatic carbocycles. The van der Waals surface area contributed by atoms with E-state index in [2.05, 4.69) is 6.92 Å². The van der Waals surface area contributed by atoms with Gasteiger partial charge in [-0.1, -0.05) is 13.3 Å². The van der Waals surface area contributed by atoms with E-state index in [0.717, 1.165) is 12.0 Å². The van der Waals surface area contributed by atoms with Crippen LogP contribution in [-0.4, -0.2) is 18.1 Å². The van der Waals surface area contributed by atoms with Crippen molar-refractivity contribution >= 4 is 5.69 Å². The van der Waals surface area contributed by atoms with Crippen molar-refractivity contribution in [3.63, 3.8) is 0 Å². The molecule has 0 heterocycles. The van der Waals surface area contributed by atoms with Crippen LogP contribution in [0.1, 0.15) is 25.8 Å². The second-order valence-corrected chi connectivity index (χ2v) is 4.48. The average Bonchev–Trinajstić information content (AvgIpc) is 2.35. The number of nitrogens with two attached hydrogens (primary N) is 1.